The number of anilines is 1. The zero-order valence-electron chi connectivity index (χ0n) is 11.4. The van der Waals surface area contributed by atoms with Crippen LogP contribution in [0, 0.1) is 6.92 Å². The largest absolute Gasteiger partial charge is 0.493 e. The first-order valence-corrected chi connectivity index (χ1v) is 6.22. The van der Waals surface area contributed by atoms with Crippen molar-refractivity contribution in [2.45, 2.75) is 20.3 Å². The van der Waals surface area contributed by atoms with Gasteiger partial charge in [-0.3, -0.25) is 0 Å². The van der Waals surface area contributed by atoms with Crippen molar-refractivity contribution in [3.8, 4) is 17.4 Å². The number of benzene rings is 1. The molecule has 0 aliphatic rings. The van der Waals surface area contributed by atoms with E-state index in [2.05, 4.69) is 11.9 Å². The first-order chi connectivity index (χ1) is 9.13. The van der Waals surface area contributed by atoms with Crippen molar-refractivity contribution in [3.05, 3.63) is 41.6 Å². The Bertz CT molecular complexity index is 582. The van der Waals surface area contributed by atoms with Crippen LogP contribution >= 0.6 is 0 Å². The number of aromatic nitrogens is 1. The highest BCUT2D eigenvalue weighted by Crippen LogP contribution is 2.32. The van der Waals surface area contributed by atoms with E-state index in [1.807, 2.05) is 25.1 Å². The Labute approximate surface area is 113 Å². The summed E-state index contributed by atoms with van der Waals surface area (Å²) in [6.07, 6.45) is 0.954. The Hall–Kier alpha value is -2.23. The highest BCUT2D eigenvalue weighted by Gasteiger charge is 2.08. The first-order valence-electron chi connectivity index (χ1n) is 6.22. The van der Waals surface area contributed by atoms with Gasteiger partial charge in [0.2, 0.25) is 5.88 Å². The molecule has 1 heterocycles. The SMILES string of the molecule is CCc1ccc(Oc2ccc(N)c(C)n2)c(OC)c1. The van der Waals surface area contributed by atoms with E-state index in [-0.39, 0.29) is 0 Å². The maximum atomic E-state index is 5.74. The molecule has 19 heavy (non-hydrogen) atoms. The molecule has 0 bridgehead atoms. The molecule has 0 radical (unpaired) electrons. The second-order valence-corrected chi connectivity index (χ2v) is 4.26. The number of rotatable bonds is 4. The highest BCUT2D eigenvalue weighted by molar-refractivity contribution is 5.47. The van der Waals surface area contributed by atoms with Gasteiger partial charge in [0, 0.05) is 6.07 Å². The van der Waals surface area contributed by atoms with Gasteiger partial charge in [0.1, 0.15) is 0 Å². The standard InChI is InChI=1S/C15H18N2O2/c1-4-11-5-7-13(14(9-11)18-3)19-15-8-6-12(16)10(2)17-15/h5-9H,4,16H2,1-3H3. The molecule has 2 aromatic rings. The van der Waals surface area contributed by atoms with E-state index in [4.69, 9.17) is 15.2 Å². The van der Waals surface area contributed by atoms with E-state index in [0.29, 0.717) is 23.1 Å². The summed E-state index contributed by atoms with van der Waals surface area (Å²) in [4.78, 5) is 4.28. The van der Waals surface area contributed by atoms with Crippen LogP contribution in [-0.2, 0) is 6.42 Å². The van der Waals surface area contributed by atoms with E-state index >= 15 is 0 Å². The fraction of sp³-hybridized carbons (Fsp3) is 0.267. The van der Waals surface area contributed by atoms with Crippen molar-refractivity contribution >= 4 is 5.69 Å². The number of hydrogen-bond donors (Lipinski definition) is 1. The van der Waals surface area contributed by atoms with Crippen molar-refractivity contribution in [2.24, 2.45) is 0 Å². The molecular weight excluding hydrogens is 240 g/mol. The minimum atomic E-state index is 0.509. The lowest BCUT2D eigenvalue weighted by Gasteiger charge is -2.11. The van der Waals surface area contributed by atoms with Gasteiger partial charge in [-0.25, -0.2) is 4.98 Å². The van der Waals surface area contributed by atoms with Crippen molar-refractivity contribution in [2.75, 3.05) is 12.8 Å². The maximum absolute atomic E-state index is 5.74. The molecule has 0 aliphatic carbocycles. The monoisotopic (exact) mass is 258 g/mol. The third-order valence-corrected chi connectivity index (χ3v) is 2.95. The molecule has 0 atom stereocenters. The summed E-state index contributed by atoms with van der Waals surface area (Å²) in [5.41, 5.74) is 8.34. The fourth-order valence-corrected chi connectivity index (χ4v) is 1.73. The number of hydrogen-bond acceptors (Lipinski definition) is 4. The van der Waals surface area contributed by atoms with Crippen molar-refractivity contribution in [3.63, 3.8) is 0 Å². The van der Waals surface area contributed by atoms with Crippen LogP contribution in [0.1, 0.15) is 18.2 Å². The van der Waals surface area contributed by atoms with Gasteiger partial charge in [-0.2, -0.15) is 0 Å². The number of ether oxygens (including phenoxy) is 2. The van der Waals surface area contributed by atoms with Gasteiger partial charge < -0.3 is 15.2 Å². The van der Waals surface area contributed by atoms with Crippen LogP contribution in [0.2, 0.25) is 0 Å². The average Bonchev–Trinajstić information content (AvgIpc) is 2.43. The summed E-state index contributed by atoms with van der Waals surface area (Å²) in [7, 11) is 1.63. The maximum Gasteiger partial charge on any atom is 0.219 e. The molecule has 0 unspecified atom stereocenters. The van der Waals surface area contributed by atoms with Gasteiger partial charge in [0.25, 0.3) is 0 Å². The van der Waals surface area contributed by atoms with Crippen LogP contribution in [0.5, 0.6) is 17.4 Å². The molecule has 4 heteroatoms. The van der Waals surface area contributed by atoms with E-state index < -0.39 is 0 Å². The van der Waals surface area contributed by atoms with E-state index in [9.17, 15) is 0 Å². The summed E-state index contributed by atoms with van der Waals surface area (Å²) in [6.45, 7) is 3.94. The van der Waals surface area contributed by atoms with Gasteiger partial charge in [0.05, 0.1) is 18.5 Å². The molecule has 2 N–H and O–H groups in total. The number of methoxy groups -OCH3 is 1. The Kier molecular flexibility index (Phi) is 3.90. The predicted octanol–water partition coefficient (Wildman–Crippen LogP) is 3.34. The summed E-state index contributed by atoms with van der Waals surface area (Å²) in [5.74, 6) is 1.86. The van der Waals surface area contributed by atoms with Crippen molar-refractivity contribution in [1.82, 2.24) is 4.98 Å². The second kappa shape index (κ2) is 5.61. The Balaban J connectivity index is 2.29. The molecule has 0 fully saturated rings. The summed E-state index contributed by atoms with van der Waals surface area (Å²) >= 11 is 0. The van der Waals surface area contributed by atoms with Gasteiger partial charge in [-0.05, 0) is 37.1 Å². The topological polar surface area (TPSA) is 57.4 Å². The number of aryl methyl sites for hydroxylation is 2. The molecule has 0 aliphatic heterocycles. The lowest BCUT2D eigenvalue weighted by atomic mass is 10.1. The van der Waals surface area contributed by atoms with Crippen LogP contribution < -0.4 is 15.2 Å². The summed E-state index contributed by atoms with van der Waals surface area (Å²) < 4.78 is 11.1. The molecule has 0 saturated carbocycles. The van der Waals surface area contributed by atoms with E-state index in [0.717, 1.165) is 12.1 Å². The molecule has 100 valence electrons. The third-order valence-electron chi connectivity index (χ3n) is 2.95. The molecule has 4 nitrogen and oxygen atoms in total. The minimum Gasteiger partial charge on any atom is -0.493 e. The fourth-order valence-electron chi connectivity index (χ4n) is 1.73. The lowest BCUT2D eigenvalue weighted by Crippen LogP contribution is -1.97. The number of nitrogens with zero attached hydrogens (tertiary/aromatic N) is 1. The van der Waals surface area contributed by atoms with Gasteiger partial charge >= 0.3 is 0 Å². The predicted molar refractivity (Wildman–Crippen MR) is 75.8 cm³/mol. The van der Waals surface area contributed by atoms with Crippen LogP contribution in [-0.4, -0.2) is 12.1 Å². The molecular formula is C15H18N2O2. The smallest absolute Gasteiger partial charge is 0.219 e. The first kappa shape index (κ1) is 13.2. The van der Waals surface area contributed by atoms with Gasteiger partial charge in [-0.1, -0.05) is 13.0 Å². The quantitative estimate of drug-likeness (QED) is 0.913. The minimum absolute atomic E-state index is 0.509. The zero-order chi connectivity index (χ0) is 13.8. The average molecular weight is 258 g/mol. The lowest BCUT2D eigenvalue weighted by molar-refractivity contribution is 0.373. The van der Waals surface area contributed by atoms with E-state index in [1.165, 1.54) is 5.56 Å². The Morgan fingerprint density at radius 3 is 2.58 bits per heavy atom. The molecule has 0 amide bonds. The van der Waals surface area contributed by atoms with Gasteiger partial charge in [-0.15, -0.1) is 0 Å². The van der Waals surface area contributed by atoms with Crippen molar-refractivity contribution < 1.29 is 9.47 Å². The number of nitrogen functional groups attached to an aromatic ring is 1. The van der Waals surface area contributed by atoms with Crippen LogP contribution in [0.4, 0.5) is 5.69 Å². The van der Waals surface area contributed by atoms with Crippen LogP contribution in [0.15, 0.2) is 30.3 Å². The van der Waals surface area contributed by atoms with Gasteiger partial charge in [0.15, 0.2) is 11.5 Å². The van der Waals surface area contributed by atoms with Crippen molar-refractivity contribution in [1.29, 1.82) is 0 Å². The number of nitrogens with two attached hydrogens (primary N) is 1. The third kappa shape index (κ3) is 2.96. The molecule has 2 rings (SSSR count). The highest BCUT2D eigenvalue weighted by atomic mass is 16.5. The normalized spacial score (nSPS) is 10.3. The summed E-state index contributed by atoms with van der Waals surface area (Å²) in [5, 5.41) is 0. The van der Waals surface area contributed by atoms with E-state index in [1.54, 1.807) is 19.2 Å². The molecule has 0 saturated heterocycles. The second-order valence-electron chi connectivity index (χ2n) is 4.26. The number of pyridine rings is 1. The molecule has 1 aromatic heterocycles. The Morgan fingerprint density at radius 1 is 1.16 bits per heavy atom. The molecule has 0 spiro atoms. The van der Waals surface area contributed by atoms with Crippen LogP contribution in [0.25, 0.3) is 0 Å². The zero-order valence-corrected chi connectivity index (χ0v) is 11.4. The van der Waals surface area contributed by atoms with Crippen LogP contribution in [0.3, 0.4) is 0 Å². The summed E-state index contributed by atoms with van der Waals surface area (Å²) in [6, 6.07) is 9.41. The Morgan fingerprint density at radius 2 is 1.95 bits per heavy atom. The molecule has 1 aromatic carbocycles.